The van der Waals surface area contributed by atoms with Gasteiger partial charge in [0.15, 0.2) is 11.6 Å². The molecule has 4 nitrogen and oxygen atoms in total. The molecular weight excluding hydrogens is 346 g/mol. The highest BCUT2D eigenvalue weighted by atomic mass is 19.4. The van der Waals surface area contributed by atoms with Crippen LogP contribution >= 0.6 is 0 Å². The van der Waals surface area contributed by atoms with Gasteiger partial charge in [-0.05, 0) is 0 Å². The Morgan fingerprint density at radius 2 is 0.875 bits per heavy atom. The number of alkyl halides is 6. The van der Waals surface area contributed by atoms with E-state index < -0.39 is 48.3 Å². The van der Waals surface area contributed by atoms with Crippen molar-refractivity contribution in [2.75, 3.05) is 0 Å². The van der Waals surface area contributed by atoms with Crippen molar-refractivity contribution in [2.24, 2.45) is 0 Å². The molecule has 0 heterocycles. The van der Waals surface area contributed by atoms with E-state index in [1.54, 1.807) is 0 Å². The zero-order valence-corrected chi connectivity index (χ0v) is 11.6. The lowest BCUT2D eigenvalue weighted by Crippen LogP contribution is -2.25. The van der Waals surface area contributed by atoms with Crippen molar-refractivity contribution in [2.45, 2.75) is 25.2 Å². The Kier molecular flexibility index (Phi) is 5.64. The van der Waals surface area contributed by atoms with Crippen LogP contribution in [-0.4, -0.2) is 35.5 Å². The maximum Gasteiger partial charge on any atom is 0.450 e. The summed E-state index contributed by atoms with van der Waals surface area (Å²) in [5.74, 6) is -6.82. The summed E-state index contributed by atoms with van der Waals surface area (Å²) in [7, 11) is 0. The third-order valence-corrected chi connectivity index (χ3v) is 2.80. The van der Waals surface area contributed by atoms with Crippen LogP contribution < -0.4 is 0 Å². The van der Waals surface area contributed by atoms with E-state index in [4.69, 9.17) is 0 Å². The maximum atomic E-state index is 12.0. The second-order valence-electron chi connectivity index (χ2n) is 4.62. The number of Topliss-reactive ketones (excluding diaryl/α,β-unsaturated/α-hetero) is 4. The van der Waals surface area contributed by atoms with E-state index >= 15 is 0 Å². The Labute approximate surface area is 130 Å². The van der Waals surface area contributed by atoms with E-state index in [2.05, 4.69) is 0 Å². The molecule has 0 spiro atoms. The van der Waals surface area contributed by atoms with Gasteiger partial charge in [-0.2, -0.15) is 26.3 Å². The predicted molar refractivity (Wildman–Crippen MR) is 66.5 cm³/mol. The minimum atomic E-state index is -5.16. The molecule has 0 radical (unpaired) electrons. The van der Waals surface area contributed by atoms with Crippen LogP contribution in [0, 0.1) is 0 Å². The smallest absolute Gasteiger partial charge is 0.294 e. The van der Waals surface area contributed by atoms with Gasteiger partial charge in [-0.1, -0.05) is 24.3 Å². The highest BCUT2D eigenvalue weighted by molar-refractivity contribution is 6.11. The monoisotopic (exact) mass is 354 g/mol. The summed E-state index contributed by atoms with van der Waals surface area (Å²) in [4.78, 5) is 44.4. The summed E-state index contributed by atoms with van der Waals surface area (Å²) in [6, 6.07) is 3.54. The first-order chi connectivity index (χ1) is 10.8. The molecule has 0 aliphatic heterocycles. The fraction of sp³-hybridized carbons (Fsp3) is 0.286. The Hall–Kier alpha value is -2.52. The first kappa shape index (κ1) is 19.5. The lowest BCUT2D eigenvalue weighted by atomic mass is 10.0. The van der Waals surface area contributed by atoms with Crippen molar-refractivity contribution in [1.82, 2.24) is 0 Å². The van der Waals surface area contributed by atoms with E-state index in [1.165, 1.54) is 0 Å². The molecule has 0 N–H and O–H groups in total. The van der Waals surface area contributed by atoms with Crippen molar-refractivity contribution in [3.63, 3.8) is 0 Å². The molecule has 10 heteroatoms. The van der Waals surface area contributed by atoms with E-state index in [1.807, 2.05) is 0 Å². The van der Waals surface area contributed by atoms with Gasteiger partial charge in [-0.15, -0.1) is 0 Å². The van der Waals surface area contributed by atoms with E-state index in [-0.39, 0.29) is 11.1 Å². The van der Waals surface area contributed by atoms with Crippen molar-refractivity contribution < 1.29 is 45.5 Å². The van der Waals surface area contributed by atoms with Gasteiger partial charge in [0.25, 0.3) is 0 Å². The number of carbonyl (C=O) groups excluding carboxylic acids is 4. The molecular formula is C14H8F6O4. The number of ketones is 4. The number of halogens is 6. The zero-order chi connectivity index (χ0) is 18.7. The van der Waals surface area contributed by atoms with Gasteiger partial charge in [0, 0.05) is 11.1 Å². The van der Waals surface area contributed by atoms with Gasteiger partial charge < -0.3 is 0 Å². The summed E-state index contributed by atoms with van der Waals surface area (Å²) in [5.41, 5.74) is -0.655. The van der Waals surface area contributed by atoms with Gasteiger partial charge in [-0.3, -0.25) is 19.2 Å². The minimum Gasteiger partial charge on any atom is -0.294 e. The van der Waals surface area contributed by atoms with E-state index in [9.17, 15) is 45.5 Å². The molecule has 0 aliphatic rings. The van der Waals surface area contributed by atoms with Gasteiger partial charge >= 0.3 is 12.4 Å². The average Bonchev–Trinajstić information content (AvgIpc) is 2.45. The van der Waals surface area contributed by atoms with Gasteiger partial charge in [0.1, 0.15) is 0 Å². The Bertz CT molecular complexity index is 611. The van der Waals surface area contributed by atoms with Crippen LogP contribution in [0.1, 0.15) is 33.6 Å². The molecule has 1 rings (SSSR count). The van der Waals surface area contributed by atoms with Crippen LogP contribution in [0.2, 0.25) is 0 Å². The quantitative estimate of drug-likeness (QED) is 0.447. The minimum absolute atomic E-state index is 0.328. The highest BCUT2D eigenvalue weighted by Crippen LogP contribution is 2.21. The van der Waals surface area contributed by atoms with Crippen LogP contribution in [-0.2, 0) is 9.59 Å². The van der Waals surface area contributed by atoms with E-state index in [0.717, 1.165) is 24.3 Å². The number of hydrogen-bond donors (Lipinski definition) is 0. The standard InChI is InChI=1S/C14H8F6O4/c15-13(16,17)11(23)5-9(21)7-1-2-8(4-3-7)10(22)6-12(24)14(18,19)20/h1-4H,5-6H2. The van der Waals surface area contributed by atoms with Crippen LogP contribution in [0.25, 0.3) is 0 Å². The molecule has 0 saturated carbocycles. The first-order valence-corrected chi connectivity index (χ1v) is 6.19. The SMILES string of the molecule is O=C(CC(=O)C(F)(F)F)c1ccc(C(=O)CC(=O)C(F)(F)F)cc1. The van der Waals surface area contributed by atoms with E-state index in [0.29, 0.717) is 0 Å². The number of carbonyl (C=O) groups is 4. The van der Waals surface area contributed by atoms with Crippen LogP contribution in [0.5, 0.6) is 0 Å². The van der Waals surface area contributed by atoms with Crippen LogP contribution in [0.3, 0.4) is 0 Å². The molecule has 0 amide bonds. The van der Waals surface area contributed by atoms with Crippen LogP contribution in [0.4, 0.5) is 26.3 Å². The summed E-state index contributed by atoms with van der Waals surface area (Å²) >= 11 is 0. The first-order valence-electron chi connectivity index (χ1n) is 6.19. The lowest BCUT2D eigenvalue weighted by molar-refractivity contribution is -0.170. The van der Waals surface area contributed by atoms with Crippen LogP contribution in [0.15, 0.2) is 24.3 Å². The second kappa shape index (κ2) is 6.93. The van der Waals surface area contributed by atoms with Gasteiger partial charge in [0.2, 0.25) is 11.6 Å². The Morgan fingerprint density at radius 1 is 0.625 bits per heavy atom. The number of benzene rings is 1. The third-order valence-electron chi connectivity index (χ3n) is 2.80. The Morgan fingerprint density at radius 3 is 1.08 bits per heavy atom. The molecule has 0 bridgehead atoms. The number of rotatable bonds is 6. The molecule has 1 aromatic rings. The fourth-order valence-electron chi connectivity index (χ4n) is 1.54. The van der Waals surface area contributed by atoms with Gasteiger partial charge in [-0.25, -0.2) is 0 Å². The molecule has 0 aromatic heterocycles. The summed E-state index contributed by atoms with van der Waals surface area (Å²) in [6.45, 7) is 0. The zero-order valence-electron chi connectivity index (χ0n) is 11.6. The topological polar surface area (TPSA) is 68.3 Å². The molecule has 24 heavy (non-hydrogen) atoms. The number of hydrogen-bond acceptors (Lipinski definition) is 4. The molecule has 0 saturated heterocycles. The summed E-state index contributed by atoms with van der Waals surface area (Å²) in [5, 5.41) is 0. The molecule has 0 atom stereocenters. The average molecular weight is 354 g/mol. The molecule has 0 fully saturated rings. The molecule has 0 aliphatic carbocycles. The lowest BCUT2D eigenvalue weighted by Gasteiger charge is -2.06. The fourth-order valence-corrected chi connectivity index (χ4v) is 1.54. The summed E-state index contributed by atoms with van der Waals surface area (Å²) in [6.07, 6.45) is -13.2. The maximum absolute atomic E-state index is 12.0. The van der Waals surface area contributed by atoms with Crippen molar-refractivity contribution in [3.05, 3.63) is 35.4 Å². The second-order valence-corrected chi connectivity index (χ2v) is 4.62. The third kappa shape index (κ3) is 5.28. The largest absolute Gasteiger partial charge is 0.450 e. The van der Waals surface area contributed by atoms with Crippen molar-refractivity contribution in [1.29, 1.82) is 0 Å². The van der Waals surface area contributed by atoms with Gasteiger partial charge in [0.05, 0.1) is 12.8 Å². The molecule has 1 aromatic carbocycles. The predicted octanol–water partition coefficient (Wildman–Crippen LogP) is 3.10. The highest BCUT2D eigenvalue weighted by Gasteiger charge is 2.40. The van der Waals surface area contributed by atoms with Crippen molar-refractivity contribution >= 4 is 23.1 Å². The Balaban J connectivity index is 2.79. The molecule has 0 unspecified atom stereocenters. The van der Waals surface area contributed by atoms with Crippen molar-refractivity contribution in [3.8, 4) is 0 Å². The summed E-state index contributed by atoms with van der Waals surface area (Å²) < 4.78 is 72.3. The normalized spacial score (nSPS) is 11.9. The molecule has 130 valence electrons.